The second-order valence-electron chi connectivity index (χ2n) is 19.5. The van der Waals surface area contributed by atoms with Gasteiger partial charge < -0.3 is 30.2 Å². The number of nitrogens with zero attached hydrogens (tertiary/aromatic N) is 9. The van der Waals surface area contributed by atoms with Crippen LogP contribution in [0.3, 0.4) is 0 Å². The van der Waals surface area contributed by atoms with E-state index in [4.69, 9.17) is 50.0 Å². The van der Waals surface area contributed by atoms with Crippen molar-refractivity contribution < 1.29 is 36.6 Å². The van der Waals surface area contributed by atoms with Crippen molar-refractivity contribution in [2.75, 3.05) is 66.2 Å². The number of aliphatic hydroxyl groups is 2. The summed E-state index contributed by atoms with van der Waals surface area (Å²) in [6.45, 7) is 7.22. The van der Waals surface area contributed by atoms with Crippen LogP contribution in [0, 0.1) is 13.8 Å². The first-order valence-electron chi connectivity index (χ1n) is 25.0. The molecule has 0 aliphatic carbocycles. The summed E-state index contributed by atoms with van der Waals surface area (Å²) in [4.78, 5) is 42.2. The molecule has 2 aromatic carbocycles. The van der Waals surface area contributed by atoms with Gasteiger partial charge in [0.1, 0.15) is 11.0 Å². The van der Waals surface area contributed by atoms with Gasteiger partial charge in [0.15, 0.2) is 11.3 Å². The number of anilines is 3. The first-order valence-corrected chi connectivity index (χ1v) is 29.9. The van der Waals surface area contributed by atoms with E-state index in [2.05, 4.69) is 29.7 Å². The van der Waals surface area contributed by atoms with Crippen molar-refractivity contribution in [3.05, 3.63) is 110 Å². The Hall–Kier alpha value is -5.33. The largest absolute Gasteiger partial charge is 0.395 e. The van der Waals surface area contributed by atoms with Crippen LogP contribution in [0.4, 0.5) is 17.2 Å². The Kier molecular flexibility index (Phi) is 19.2. The minimum Gasteiger partial charge on any atom is -0.395 e. The van der Waals surface area contributed by atoms with Gasteiger partial charge in [0.2, 0.25) is 20.0 Å². The lowest BCUT2D eigenvalue weighted by Gasteiger charge is -2.35. The summed E-state index contributed by atoms with van der Waals surface area (Å²) in [5.74, 6) is 0.239. The van der Waals surface area contributed by atoms with Gasteiger partial charge in [-0.05, 0) is 121 Å². The monoisotopic (exact) mass is 1140 g/mol. The van der Waals surface area contributed by atoms with E-state index >= 15 is 0 Å². The molecule has 76 heavy (non-hydrogen) atoms. The summed E-state index contributed by atoms with van der Waals surface area (Å²) in [5.41, 5.74) is 5.29. The molecule has 0 bridgehead atoms. The maximum atomic E-state index is 13.8. The smallest absolute Gasteiger partial charge is 0.256 e. The molecule has 6 aromatic rings. The molecular weight excluding hydrogens is 1080 g/mol. The number of benzene rings is 2. The number of piperidine rings is 2. The van der Waals surface area contributed by atoms with E-state index in [1.54, 1.807) is 37.2 Å². The van der Waals surface area contributed by atoms with E-state index in [9.17, 15) is 31.5 Å². The lowest BCUT2D eigenvalue weighted by Crippen LogP contribution is -2.39. The van der Waals surface area contributed by atoms with Crippen LogP contribution in [-0.4, -0.2) is 142 Å². The second-order valence-corrected chi connectivity index (χ2v) is 24.2. The molecule has 4 aliphatic heterocycles. The zero-order valence-electron chi connectivity index (χ0n) is 42.2. The molecule has 0 saturated carbocycles. The first-order chi connectivity index (χ1) is 35.7. The fourth-order valence-electron chi connectivity index (χ4n) is 10.1. The number of hydrogen-bond donors (Lipinski definition) is 5. The number of hydrogen-bond acceptors (Lipinski definition) is 14. The number of carbonyl (C=O) groups is 2. The molecular formula is C51H67Cl3N12O8S2. The van der Waals surface area contributed by atoms with Crippen molar-refractivity contribution >= 4 is 95.2 Å². The Labute approximate surface area is 459 Å². The number of aryl methyl sites for hydroxylation is 2. The normalized spacial score (nSPS) is 19.9. The van der Waals surface area contributed by atoms with Crippen molar-refractivity contribution in [2.24, 2.45) is 0 Å². The van der Waals surface area contributed by atoms with E-state index in [-0.39, 0.29) is 66.5 Å². The predicted octanol–water partition coefficient (Wildman–Crippen LogP) is 7.84. The first kappa shape index (κ1) is 58.4. The highest BCUT2D eigenvalue weighted by Gasteiger charge is 2.35. The van der Waals surface area contributed by atoms with Crippen LogP contribution < -0.4 is 19.7 Å². The standard InChI is InChI=1S/C25H31ClN6O4S.C20H21Cl2N5O3S.C5H11NO.CH4/c1-16-14-32-23(27-24(16)30-11-5-6-18(30)15-33)13-21(28-32)22-7-3-4-10-31(22)25(34)19-12-17(26)8-9-20(19)29-37(2,35)36;1-12-11-27-18(23-19(12)22)10-16(24-27)17-5-3-4-8-26(17)20(28)14-9-13(21)6-7-15(14)25-31(2,29)30;7-4-5-2-1-3-6-5;/h8-9,12-14,18,22,29,33H,3-7,10-11,15H2,1-2H3;6-7,9-11,17,25H,3-5,8H2,1-2H3;5-7H,1-4H2;1H4/t18-,22-;17-;5-;/m000./s1. The van der Waals surface area contributed by atoms with Gasteiger partial charge in [0.25, 0.3) is 11.8 Å². The van der Waals surface area contributed by atoms with Crippen LogP contribution in [0.5, 0.6) is 0 Å². The summed E-state index contributed by atoms with van der Waals surface area (Å²) in [6, 6.07) is 12.7. The Morgan fingerprint density at radius 1 is 0.658 bits per heavy atom. The van der Waals surface area contributed by atoms with Crippen LogP contribution in [0.1, 0.15) is 127 Å². The third-order valence-electron chi connectivity index (χ3n) is 13.7. The molecule has 10 rings (SSSR count). The Morgan fingerprint density at radius 3 is 1.63 bits per heavy atom. The Morgan fingerprint density at radius 2 is 1.17 bits per heavy atom. The molecule has 8 heterocycles. The van der Waals surface area contributed by atoms with Gasteiger partial charge in [-0.2, -0.15) is 10.2 Å². The zero-order chi connectivity index (χ0) is 53.8. The minimum absolute atomic E-state index is 0. The van der Waals surface area contributed by atoms with Gasteiger partial charge in [-0.25, -0.2) is 35.8 Å². The van der Waals surface area contributed by atoms with Crippen molar-refractivity contribution in [3.63, 3.8) is 0 Å². The summed E-state index contributed by atoms with van der Waals surface area (Å²) in [5, 5.41) is 32.0. The topological polar surface area (TPSA) is 249 Å². The summed E-state index contributed by atoms with van der Waals surface area (Å²) >= 11 is 18.5. The third-order valence-corrected chi connectivity index (χ3v) is 15.7. The number of aliphatic hydroxyl groups excluding tert-OH is 2. The number of amides is 2. The van der Waals surface area contributed by atoms with E-state index in [1.165, 1.54) is 30.7 Å². The van der Waals surface area contributed by atoms with Crippen molar-refractivity contribution in [3.8, 4) is 0 Å². The van der Waals surface area contributed by atoms with Crippen LogP contribution in [0.15, 0.2) is 60.9 Å². The summed E-state index contributed by atoms with van der Waals surface area (Å²) in [6.07, 6.45) is 15.2. The fourth-order valence-corrected chi connectivity index (χ4v) is 11.7. The molecule has 2 amide bonds. The van der Waals surface area contributed by atoms with E-state index in [0.717, 1.165) is 106 Å². The highest BCUT2D eigenvalue weighted by Crippen LogP contribution is 2.37. The molecule has 4 fully saturated rings. The van der Waals surface area contributed by atoms with Crippen molar-refractivity contribution in [2.45, 2.75) is 110 Å². The van der Waals surface area contributed by atoms with Gasteiger partial charge in [-0.1, -0.05) is 42.2 Å². The number of nitrogens with one attached hydrogen (secondary N) is 3. The second kappa shape index (κ2) is 25.0. The minimum atomic E-state index is -3.59. The third kappa shape index (κ3) is 14.0. The average Bonchev–Trinajstić information content (AvgIpc) is 4.23. The summed E-state index contributed by atoms with van der Waals surface area (Å²) in [7, 11) is -7.16. The molecule has 4 aromatic heterocycles. The molecule has 0 unspecified atom stereocenters. The Balaban J connectivity index is 0.000000196. The zero-order valence-corrected chi connectivity index (χ0v) is 46.1. The number of halogens is 3. The van der Waals surface area contributed by atoms with Crippen LogP contribution >= 0.6 is 34.8 Å². The van der Waals surface area contributed by atoms with Crippen molar-refractivity contribution in [1.29, 1.82) is 0 Å². The van der Waals surface area contributed by atoms with Gasteiger partial charge >= 0.3 is 0 Å². The molecule has 0 spiro atoms. The molecule has 4 atom stereocenters. The van der Waals surface area contributed by atoms with Crippen LogP contribution in [0.2, 0.25) is 15.2 Å². The molecule has 5 N–H and O–H groups in total. The van der Waals surface area contributed by atoms with Gasteiger partial charge in [-0.15, -0.1) is 0 Å². The van der Waals surface area contributed by atoms with Crippen LogP contribution in [0.25, 0.3) is 11.3 Å². The highest BCUT2D eigenvalue weighted by atomic mass is 35.5. The molecule has 4 saturated heterocycles. The number of sulfonamides is 2. The number of rotatable bonds is 11. The fraction of sp³-hybridized carbons (Fsp3) is 0.490. The van der Waals surface area contributed by atoms with Gasteiger partial charge in [-0.3, -0.25) is 19.0 Å². The van der Waals surface area contributed by atoms with E-state index < -0.39 is 20.0 Å². The predicted molar refractivity (Wildman–Crippen MR) is 298 cm³/mol. The van der Waals surface area contributed by atoms with Crippen LogP contribution in [-0.2, 0) is 20.0 Å². The number of carbonyl (C=O) groups excluding carboxylic acids is 2. The van der Waals surface area contributed by atoms with Gasteiger partial charge in [0, 0.05) is 71.4 Å². The molecule has 4 aliphatic rings. The maximum absolute atomic E-state index is 13.8. The summed E-state index contributed by atoms with van der Waals surface area (Å²) < 4.78 is 55.6. The Bertz CT molecular complexity index is 3240. The highest BCUT2D eigenvalue weighted by molar-refractivity contribution is 7.92. The SMILES string of the molecule is C.Cc1cn2nc([C@@H]3CCCCN3C(=O)c3cc(Cl)ccc3NS(C)(=O)=O)cc2nc1Cl.Cc1cn2nc([C@@H]3CCCCN3C(=O)c3cc(Cl)ccc3NS(C)(=O)=O)cc2nc1N1CCC[C@H]1CO.OC[C@@H]1CCCN1. The molecule has 25 heteroatoms. The van der Waals surface area contributed by atoms with E-state index in [0.29, 0.717) is 57.9 Å². The lowest BCUT2D eigenvalue weighted by atomic mass is 9.98. The molecule has 412 valence electrons. The average molecular weight is 1150 g/mol. The molecule has 20 nitrogen and oxygen atoms in total. The van der Waals surface area contributed by atoms with Crippen molar-refractivity contribution in [1.82, 2.24) is 44.3 Å². The van der Waals surface area contributed by atoms with E-state index in [1.807, 2.05) is 32.2 Å². The quantitative estimate of drug-likeness (QED) is 0.0776. The molecule has 0 radical (unpaired) electrons. The number of aromatic nitrogens is 6. The number of likely N-dealkylation sites (tertiary alicyclic amines) is 2. The number of fused-ring (bicyclic) bond motifs is 2. The maximum Gasteiger partial charge on any atom is 0.256 e. The lowest BCUT2D eigenvalue weighted by molar-refractivity contribution is 0.0600. The van der Waals surface area contributed by atoms with Gasteiger partial charge in [0.05, 0.1) is 77.7 Å².